The van der Waals surface area contributed by atoms with Crippen molar-refractivity contribution in [3.63, 3.8) is 0 Å². The molecule has 0 spiro atoms. The first-order valence-corrected chi connectivity index (χ1v) is 7.30. The minimum Gasteiger partial charge on any atom is -0.353 e. The summed E-state index contributed by atoms with van der Waals surface area (Å²) in [6, 6.07) is 5.98. The molecule has 1 fully saturated rings. The van der Waals surface area contributed by atoms with E-state index in [9.17, 15) is 4.79 Å². The quantitative estimate of drug-likeness (QED) is 0.829. The molecule has 0 bridgehead atoms. The van der Waals surface area contributed by atoms with Gasteiger partial charge in [0.1, 0.15) is 11.2 Å². The maximum atomic E-state index is 12.2. The summed E-state index contributed by atoms with van der Waals surface area (Å²) in [5, 5.41) is 9.03. The molecule has 0 saturated carbocycles. The monoisotopic (exact) mass is 336 g/mol. The van der Waals surface area contributed by atoms with E-state index in [-0.39, 0.29) is 5.91 Å². The fourth-order valence-corrected chi connectivity index (χ4v) is 2.37. The lowest BCUT2D eigenvalue weighted by atomic mass is 9.93. The Labute approximate surface area is 127 Å². The summed E-state index contributed by atoms with van der Waals surface area (Å²) in [5.74, 6) is 0.822. The third kappa shape index (κ3) is 3.10. The van der Waals surface area contributed by atoms with Crippen molar-refractivity contribution in [3.8, 4) is 6.07 Å². The first-order chi connectivity index (χ1) is 9.44. The number of carbonyl (C=O) groups is 1. The van der Waals surface area contributed by atoms with E-state index in [0.717, 1.165) is 23.4 Å². The number of hydrogen-bond acceptors (Lipinski definition) is 4. The van der Waals surface area contributed by atoms with Gasteiger partial charge in [0.15, 0.2) is 0 Å². The molecule has 1 amide bonds. The molecule has 20 heavy (non-hydrogen) atoms. The Balaban J connectivity index is 1.98. The smallest absolute Gasteiger partial charge is 0.242 e. The SMILES string of the molecule is CC(C)(C#N)C(=O)N1CCN(c2ccc(Br)cn2)CC1. The summed E-state index contributed by atoms with van der Waals surface area (Å²) in [5.41, 5.74) is -0.946. The van der Waals surface area contributed by atoms with Crippen LogP contribution in [0.5, 0.6) is 0 Å². The second-order valence-corrected chi connectivity index (χ2v) is 6.27. The summed E-state index contributed by atoms with van der Waals surface area (Å²) < 4.78 is 0.950. The maximum absolute atomic E-state index is 12.2. The fraction of sp³-hybridized carbons (Fsp3) is 0.500. The van der Waals surface area contributed by atoms with Crippen LogP contribution >= 0.6 is 15.9 Å². The number of anilines is 1. The molecule has 1 aliphatic rings. The number of aromatic nitrogens is 1. The molecular formula is C14H17BrN4O. The summed E-state index contributed by atoms with van der Waals surface area (Å²) in [6.45, 7) is 6.06. The van der Waals surface area contributed by atoms with Crippen LogP contribution in [0.2, 0.25) is 0 Å². The second-order valence-electron chi connectivity index (χ2n) is 5.35. The molecule has 0 radical (unpaired) electrons. The van der Waals surface area contributed by atoms with Gasteiger partial charge in [0.05, 0.1) is 6.07 Å². The summed E-state index contributed by atoms with van der Waals surface area (Å²) in [6.07, 6.45) is 1.77. The number of carbonyl (C=O) groups excluding carboxylic acids is 1. The van der Waals surface area contributed by atoms with Crippen molar-refractivity contribution in [2.24, 2.45) is 5.41 Å². The van der Waals surface area contributed by atoms with Gasteiger partial charge in [0, 0.05) is 36.8 Å². The first-order valence-electron chi connectivity index (χ1n) is 6.51. The zero-order chi connectivity index (χ0) is 14.8. The van der Waals surface area contributed by atoms with Crippen LogP contribution in [-0.4, -0.2) is 42.0 Å². The van der Waals surface area contributed by atoms with Crippen LogP contribution in [0.25, 0.3) is 0 Å². The maximum Gasteiger partial charge on any atom is 0.242 e. The molecule has 0 aliphatic carbocycles. The molecule has 0 aromatic carbocycles. The van der Waals surface area contributed by atoms with Gasteiger partial charge in [-0.1, -0.05) is 0 Å². The lowest BCUT2D eigenvalue weighted by Crippen LogP contribution is -2.52. The van der Waals surface area contributed by atoms with Crippen molar-refractivity contribution in [1.82, 2.24) is 9.88 Å². The van der Waals surface area contributed by atoms with E-state index < -0.39 is 5.41 Å². The van der Waals surface area contributed by atoms with Gasteiger partial charge >= 0.3 is 0 Å². The number of amides is 1. The molecule has 2 heterocycles. The first kappa shape index (κ1) is 14.8. The van der Waals surface area contributed by atoms with Crippen LogP contribution in [0.15, 0.2) is 22.8 Å². The van der Waals surface area contributed by atoms with Crippen molar-refractivity contribution in [1.29, 1.82) is 5.26 Å². The minimum atomic E-state index is -0.946. The third-order valence-corrected chi connectivity index (χ3v) is 3.89. The van der Waals surface area contributed by atoms with Crippen molar-refractivity contribution >= 4 is 27.7 Å². The van der Waals surface area contributed by atoms with Gasteiger partial charge in [-0.05, 0) is 41.9 Å². The molecule has 5 nitrogen and oxygen atoms in total. The molecular weight excluding hydrogens is 320 g/mol. The van der Waals surface area contributed by atoms with E-state index in [0.29, 0.717) is 13.1 Å². The van der Waals surface area contributed by atoms with Crippen LogP contribution in [-0.2, 0) is 4.79 Å². The largest absolute Gasteiger partial charge is 0.353 e. The van der Waals surface area contributed by atoms with Crippen LogP contribution in [0, 0.1) is 16.7 Å². The fourth-order valence-electron chi connectivity index (χ4n) is 2.14. The van der Waals surface area contributed by atoms with Crippen LogP contribution in [0.4, 0.5) is 5.82 Å². The summed E-state index contributed by atoms with van der Waals surface area (Å²) in [7, 11) is 0. The Morgan fingerprint density at radius 3 is 2.50 bits per heavy atom. The van der Waals surface area contributed by atoms with Crippen LogP contribution in [0.3, 0.4) is 0 Å². The molecule has 1 aromatic rings. The number of nitriles is 1. The number of piperazine rings is 1. The lowest BCUT2D eigenvalue weighted by molar-refractivity contribution is -0.137. The highest BCUT2D eigenvalue weighted by molar-refractivity contribution is 9.10. The molecule has 6 heteroatoms. The topological polar surface area (TPSA) is 60.2 Å². The van der Waals surface area contributed by atoms with Gasteiger partial charge in [-0.3, -0.25) is 4.79 Å². The van der Waals surface area contributed by atoms with Gasteiger partial charge in [0.2, 0.25) is 5.91 Å². The molecule has 1 aromatic heterocycles. The highest BCUT2D eigenvalue weighted by atomic mass is 79.9. The highest BCUT2D eigenvalue weighted by Crippen LogP contribution is 2.21. The standard InChI is InChI=1S/C14H17BrN4O/c1-14(2,10-16)13(20)19-7-5-18(6-8-19)12-4-3-11(15)9-17-12/h3-4,9H,5-8H2,1-2H3. The summed E-state index contributed by atoms with van der Waals surface area (Å²) >= 11 is 3.36. The van der Waals surface area contributed by atoms with Crippen LogP contribution in [0.1, 0.15) is 13.8 Å². The molecule has 2 rings (SSSR count). The van der Waals surface area contributed by atoms with Gasteiger partial charge in [-0.25, -0.2) is 4.98 Å². The molecule has 0 unspecified atom stereocenters. The van der Waals surface area contributed by atoms with Gasteiger partial charge in [0.25, 0.3) is 0 Å². The molecule has 1 aliphatic heterocycles. The van der Waals surface area contributed by atoms with Crippen LogP contribution < -0.4 is 4.90 Å². The van der Waals surface area contributed by atoms with Crippen molar-refractivity contribution in [2.75, 3.05) is 31.1 Å². The van der Waals surface area contributed by atoms with Gasteiger partial charge < -0.3 is 9.80 Å². The van der Waals surface area contributed by atoms with Crippen molar-refractivity contribution < 1.29 is 4.79 Å². The predicted octanol–water partition coefficient (Wildman–Crippen LogP) is 2.04. The zero-order valence-electron chi connectivity index (χ0n) is 11.6. The predicted molar refractivity (Wildman–Crippen MR) is 80.1 cm³/mol. The number of nitrogens with zero attached hydrogens (tertiary/aromatic N) is 4. The number of hydrogen-bond donors (Lipinski definition) is 0. The lowest BCUT2D eigenvalue weighted by Gasteiger charge is -2.37. The van der Waals surface area contributed by atoms with Gasteiger partial charge in [-0.2, -0.15) is 5.26 Å². The van der Waals surface area contributed by atoms with E-state index in [1.807, 2.05) is 12.1 Å². The Bertz CT molecular complexity index is 527. The Hall–Kier alpha value is -1.61. The molecule has 0 atom stereocenters. The Morgan fingerprint density at radius 2 is 2.00 bits per heavy atom. The number of pyridine rings is 1. The zero-order valence-corrected chi connectivity index (χ0v) is 13.2. The van der Waals surface area contributed by atoms with E-state index in [1.54, 1.807) is 24.9 Å². The number of halogens is 1. The van der Waals surface area contributed by atoms with E-state index in [4.69, 9.17) is 5.26 Å². The minimum absolute atomic E-state index is 0.0941. The third-order valence-electron chi connectivity index (χ3n) is 3.42. The normalized spacial score (nSPS) is 15.9. The van der Waals surface area contributed by atoms with Gasteiger partial charge in [-0.15, -0.1) is 0 Å². The van der Waals surface area contributed by atoms with E-state index in [1.165, 1.54) is 0 Å². The second kappa shape index (κ2) is 5.80. The Morgan fingerprint density at radius 1 is 1.35 bits per heavy atom. The average Bonchev–Trinajstić information content (AvgIpc) is 2.47. The van der Waals surface area contributed by atoms with E-state index >= 15 is 0 Å². The number of rotatable bonds is 2. The summed E-state index contributed by atoms with van der Waals surface area (Å²) in [4.78, 5) is 20.5. The molecule has 1 saturated heterocycles. The molecule has 106 valence electrons. The highest BCUT2D eigenvalue weighted by Gasteiger charge is 2.33. The van der Waals surface area contributed by atoms with Crippen molar-refractivity contribution in [2.45, 2.75) is 13.8 Å². The Kier molecular flexibility index (Phi) is 4.29. The van der Waals surface area contributed by atoms with Crippen molar-refractivity contribution in [3.05, 3.63) is 22.8 Å². The average molecular weight is 337 g/mol. The molecule has 0 N–H and O–H groups in total. The van der Waals surface area contributed by atoms with E-state index in [2.05, 4.69) is 31.9 Å².